The molecule has 2 unspecified atom stereocenters. The van der Waals surface area contributed by atoms with E-state index in [0.29, 0.717) is 0 Å². The average Bonchev–Trinajstić information content (AvgIpc) is 2.36. The van der Waals surface area contributed by atoms with E-state index in [2.05, 4.69) is 38.1 Å². The van der Waals surface area contributed by atoms with Gasteiger partial charge in [-0.1, -0.05) is 38.1 Å². The first kappa shape index (κ1) is 7.85. The standard InChI is InChI=1S/C12H16/c1-3-11-9-6-5-7-10(8-9)12(11)4-2/h5-8,11-12H,3-4H2,1-2H3. The summed E-state index contributed by atoms with van der Waals surface area (Å²) in [5.74, 6) is 1.61. The van der Waals surface area contributed by atoms with Gasteiger partial charge < -0.3 is 0 Å². The van der Waals surface area contributed by atoms with E-state index in [1.807, 2.05) is 0 Å². The van der Waals surface area contributed by atoms with Crippen molar-refractivity contribution in [3.63, 3.8) is 0 Å². The van der Waals surface area contributed by atoms with Gasteiger partial charge in [0.1, 0.15) is 0 Å². The van der Waals surface area contributed by atoms with Crippen LogP contribution < -0.4 is 0 Å². The van der Waals surface area contributed by atoms with Crippen LogP contribution in [0.2, 0.25) is 0 Å². The molecular weight excluding hydrogens is 144 g/mol. The maximum Gasteiger partial charge on any atom is -0.00957 e. The van der Waals surface area contributed by atoms with Gasteiger partial charge in [0.15, 0.2) is 0 Å². The third-order valence-electron chi connectivity index (χ3n) is 3.13. The van der Waals surface area contributed by atoms with Crippen molar-refractivity contribution in [2.45, 2.75) is 38.5 Å². The Labute approximate surface area is 74.6 Å². The minimum absolute atomic E-state index is 0.806. The fraction of sp³-hybridized carbons (Fsp3) is 0.500. The van der Waals surface area contributed by atoms with Crippen LogP contribution in [0.25, 0.3) is 0 Å². The Hall–Kier alpha value is -0.780. The minimum Gasteiger partial charge on any atom is -0.0648 e. The van der Waals surface area contributed by atoms with Crippen molar-refractivity contribution >= 4 is 0 Å². The van der Waals surface area contributed by atoms with E-state index in [9.17, 15) is 0 Å². The highest BCUT2D eigenvalue weighted by atomic mass is 14.3. The number of rotatable bonds is 2. The molecule has 12 heavy (non-hydrogen) atoms. The SMILES string of the molecule is CCC1c2cccc(c2)C1CC. The van der Waals surface area contributed by atoms with Crippen molar-refractivity contribution in [1.29, 1.82) is 0 Å². The fourth-order valence-electron chi connectivity index (χ4n) is 2.53. The van der Waals surface area contributed by atoms with Gasteiger partial charge in [0.05, 0.1) is 0 Å². The lowest BCUT2D eigenvalue weighted by Gasteiger charge is -2.17. The molecule has 0 N–H and O–H groups in total. The van der Waals surface area contributed by atoms with Crippen molar-refractivity contribution in [3.05, 3.63) is 35.4 Å². The molecular formula is C12H16. The summed E-state index contributed by atoms with van der Waals surface area (Å²) < 4.78 is 0. The van der Waals surface area contributed by atoms with Crippen LogP contribution in [-0.4, -0.2) is 0 Å². The lowest BCUT2D eigenvalue weighted by Crippen LogP contribution is -2.01. The monoisotopic (exact) mass is 160 g/mol. The van der Waals surface area contributed by atoms with E-state index < -0.39 is 0 Å². The maximum atomic E-state index is 2.38. The molecule has 0 amide bonds. The molecule has 2 rings (SSSR count). The summed E-state index contributed by atoms with van der Waals surface area (Å²) >= 11 is 0. The topological polar surface area (TPSA) is 0 Å². The zero-order valence-corrected chi connectivity index (χ0v) is 7.88. The van der Waals surface area contributed by atoms with Gasteiger partial charge in [-0.3, -0.25) is 0 Å². The first-order valence-corrected chi connectivity index (χ1v) is 4.96. The number of benzene rings is 1. The van der Waals surface area contributed by atoms with E-state index in [0.717, 1.165) is 11.8 Å². The van der Waals surface area contributed by atoms with Gasteiger partial charge >= 0.3 is 0 Å². The van der Waals surface area contributed by atoms with Crippen LogP contribution in [-0.2, 0) is 0 Å². The molecule has 2 atom stereocenters. The van der Waals surface area contributed by atoms with Gasteiger partial charge in [-0.2, -0.15) is 0 Å². The lowest BCUT2D eigenvalue weighted by molar-refractivity contribution is 0.534. The highest BCUT2D eigenvalue weighted by molar-refractivity contribution is 5.38. The molecule has 1 aliphatic rings. The van der Waals surface area contributed by atoms with E-state index in [4.69, 9.17) is 0 Å². The van der Waals surface area contributed by atoms with Gasteiger partial charge in [-0.15, -0.1) is 0 Å². The Bertz CT molecular complexity index is 250. The van der Waals surface area contributed by atoms with Gasteiger partial charge in [-0.05, 0) is 35.8 Å². The second-order valence-corrected chi connectivity index (χ2v) is 3.70. The molecule has 0 saturated heterocycles. The van der Waals surface area contributed by atoms with E-state index in [1.165, 1.54) is 12.8 Å². The number of hydrogen-bond donors (Lipinski definition) is 0. The van der Waals surface area contributed by atoms with Crippen molar-refractivity contribution in [3.8, 4) is 0 Å². The Morgan fingerprint density at radius 2 is 1.50 bits per heavy atom. The summed E-state index contributed by atoms with van der Waals surface area (Å²) in [7, 11) is 0. The second kappa shape index (κ2) is 2.93. The molecule has 0 saturated carbocycles. The van der Waals surface area contributed by atoms with E-state index >= 15 is 0 Å². The fourth-order valence-corrected chi connectivity index (χ4v) is 2.53. The van der Waals surface area contributed by atoms with Crippen LogP contribution in [0.15, 0.2) is 24.3 Å². The molecule has 64 valence electrons. The predicted octanol–water partition coefficient (Wildman–Crippen LogP) is 3.69. The second-order valence-electron chi connectivity index (χ2n) is 3.70. The predicted molar refractivity (Wildman–Crippen MR) is 52.5 cm³/mol. The number of hydrogen-bond acceptors (Lipinski definition) is 0. The van der Waals surface area contributed by atoms with Gasteiger partial charge in [-0.25, -0.2) is 0 Å². The van der Waals surface area contributed by atoms with Gasteiger partial charge in [0.2, 0.25) is 0 Å². The van der Waals surface area contributed by atoms with E-state index in [-0.39, 0.29) is 0 Å². The summed E-state index contributed by atoms with van der Waals surface area (Å²) in [4.78, 5) is 0. The molecule has 0 aliphatic heterocycles. The summed E-state index contributed by atoms with van der Waals surface area (Å²) in [6.07, 6.45) is 2.57. The van der Waals surface area contributed by atoms with Crippen molar-refractivity contribution in [1.82, 2.24) is 0 Å². The minimum atomic E-state index is 0.806. The molecule has 0 aromatic heterocycles. The average molecular weight is 160 g/mol. The summed E-state index contributed by atoms with van der Waals surface area (Å²) in [6, 6.07) is 9.12. The molecule has 1 aromatic carbocycles. The van der Waals surface area contributed by atoms with Crippen LogP contribution in [0, 0.1) is 0 Å². The molecule has 0 radical (unpaired) electrons. The van der Waals surface area contributed by atoms with Gasteiger partial charge in [0, 0.05) is 0 Å². The molecule has 0 nitrogen and oxygen atoms in total. The first-order chi connectivity index (χ1) is 5.86. The Morgan fingerprint density at radius 1 is 1.00 bits per heavy atom. The van der Waals surface area contributed by atoms with Crippen LogP contribution in [0.4, 0.5) is 0 Å². The summed E-state index contributed by atoms with van der Waals surface area (Å²) in [5, 5.41) is 0. The smallest absolute Gasteiger partial charge is 0.00957 e. The van der Waals surface area contributed by atoms with Crippen molar-refractivity contribution in [2.75, 3.05) is 0 Å². The van der Waals surface area contributed by atoms with Crippen LogP contribution in [0.3, 0.4) is 0 Å². The summed E-state index contributed by atoms with van der Waals surface area (Å²) in [6.45, 7) is 4.59. The molecule has 1 aromatic rings. The molecule has 0 fully saturated rings. The molecule has 0 heteroatoms. The lowest BCUT2D eigenvalue weighted by atomic mass is 9.87. The zero-order chi connectivity index (χ0) is 8.55. The first-order valence-electron chi connectivity index (χ1n) is 4.96. The number of fused-ring (bicyclic) bond motifs is 2. The highest BCUT2D eigenvalue weighted by Crippen LogP contribution is 2.43. The third kappa shape index (κ3) is 0.979. The van der Waals surface area contributed by atoms with Crippen molar-refractivity contribution < 1.29 is 0 Å². The molecule has 0 spiro atoms. The van der Waals surface area contributed by atoms with Crippen molar-refractivity contribution in [2.24, 2.45) is 0 Å². The molecule has 2 bridgehead atoms. The largest absolute Gasteiger partial charge is 0.0648 e. The normalized spacial score (nSPS) is 26.2. The molecule has 1 aliphatic carbocycles. The van der Waals surface area contributed by atoms with E-state index in [1.54, 1.807) is 11.1 Å². The van der Waals surface area contributed by atoms with Crippen LogP contribution in [0.5, 0.6) is 0 Å². The summed E-state index contributed by atoms with van der Waals surface area (Å²) in [5.41, 5.74) is 3.11. The van der Waals surface area contributed by atoms with Crippen LogP contribution in [0.1, 0.15) is 49.7 Å². The zero-order valence-electron chi connectivity index (χ0n) is 7.88. The van der Waals surface area contributed by atoms with Gasteiger partial charge in [0.25, 0.3) is 0 Å². The third-order valence-corrected chi connectivity index (χ3v) is 3.13. The molecule has 0 heterocycles. The Morgan fingerprint density at radius 3 is 1.92 bits per heavy atom. The quantitative estimate of drug-likeness (QED) is 0.619. The Kier molecular flexibility index (Phi) is 1.92. The maximum absolute atomic E-state index is 2.38. The van der Waals surface area contributed by atoms with Crippen LogP contribution >= 0.6 is 0 Å². The highest BCUT2D eigenvalue weighted by Gasteiger charge is 2.27. The Balaban J connectivity index is 2.38.